The van der Waals surface area contributed by atoms with Crippen LogP contribution in [-0.4, -0.2) is 31.2 Å². The van der Waals surface area contributed by atoms with Crippen molar-refractivity contribution in [3.8, 4) is 0 Å². The molecule has 0 unspecified atom stereocenters. The molecule has 156 valence electrons. The molecule has 2 aromatic carbocycles. The van der Waals surface area contributed by atoms with Gasteiger partial charge in [0.2, 0.25) is 0 Å². The van der Waals surface area contributed by atoms with Gasteiger partial charge in [0.15, 0.2) is 0 Å². The van der Waals surface area contributed by atoms with Crippen LogP contribution in [0.15, 0.2) is 54.6 Å². The molecule has 2 aliphatic heterocycles. The van der Waals surface area contributed by atoms with Crippen LogP contribution in [-0.2, 0) is 13.1 Å². The minimum absolute atomic E-state index is 0.845. The minimum Gasteiger partial charge on any atom is -0.372 e. The third kappa shape index (κ3) is 4.29. The number of anilines is 2. The number of para-hydroxylation sites is 1. The van der Waals surface area contributed by atoms with E-state index in [1.165, 1.54) is 73.2 Å². The number of rotatable bonds is 6. The third-order valence-electron chi connectivity index (χ3n) is 6.49. The molecule has 2 saturated heterocycles. The van der Waals surface area contributed by atoms with Crippen molar-refractivity contribution >= 4 is 22.4 Å². The maximum atomic E-state index is 5.06. The van der Waals surface area contributed by atoms with E-state index in [2.05, 4.69) is 69.7 Å². The zero-order valence-electron chi connectivity index (χ0n) is 17.8. The normalized spacial score (nSPS) is 17.1. The molecule has 1 aromatic heterocycles. The molecule has 1 N–H and O–H groups in total. The van der Waals surface area contributed by atoms with Crippen molar-refractivity contribution in [2.24, 2.45) is 0 Å². The van der Waals surface area contributed by atoms with Crippen molar-refractivity contribution in [1.82, 2.24) is 10.3 Å². The van der Waals surface area contributed by atoms with Crippen LogP contribution in [0.4, 0.5) is 11.5 Å². The summed E-state index contributed by atoms with van der Waals surface area (Å²) in [6, 6.07) is 19.9. The van der Waals surface area contributed by atoms with Crippen molar-refractivity contribution < 1.29 is 0 Å². The zero-order valence-corrected chi connectivity index (χ0v) is 17.8. The Labute approximate surface area is 179 Å². The van der Waals surface area contributed by atoms with Crippen molar-refractivity contribution in [2.45, 2.75) is 45.2 Å². The second kappa shape index (κ2) is 9.05. The monoisotopic (exact) mass is 400 g/mol. The van der Waals surface area contributed by atoms with Gasteiger partial charge in [0.05, 0.1) is 5.52 Å². The Kier molecular flexibility index (Phi) is 5.85. The average Bonchev–Trinajstić information content (AvgIpc) is 3.35. The standard InChI is InChI=1S/C26H32N4/c1-4-16-30(17-5-1)26-23(18-22-8-2-3-9-25(22)28-26)20-27-19-21-10-12-24(13-11-21)29-14-6-7-15-29/h2-3,8-13,18,27H,1,4-7,14-17,19-20H2. The highest BCUT2D eigenvalue weighted by Gasteiger charge is 2.17. The van der Waals surface area contributed by atoms with Gasteiger partial charge in [-0.3, -0.25) is 0 Å². The molecular weight excluding hydrogens is 368 g/mol. The zero-order chi connectivity index (χ0) is 20.2. The van der Waals surface area contributed by atoms with E-state index < -0.39 is 0 Å². The number of pyridine rings is 1. The summed E-state index contributed by atoms with van der Waals surface area (Å²) >= 11 is 0. The van der Waals surface area contributed by atoms with Gasteiger partial charge in [-0.05, 0) is 61.9 Å². The summed E-state index contributed by atoms with van der Waals surface area (Å²) in [6.07, 6.45) is 6.52. The van der Waals surface area contributed by atoms with Crippen LogP contribution in [0.3, 0.4) is 0 Å². The van der Waals surface area contributed by atoms with Crippen molar-refractivity contribution in [1.29, 1.82) is 0 Å². The van der Waals surface area contributed by atoms with E-state index in [1.807, 2.05) is 0 Å². The first kappa shape index (κ1) is 19.4. The van der Waals surface area contributed by atoms with Gasteiger partial charge in [0.25, 0.3) is 0 Å². The van der Waals surface area contributed by atoms with Crippen LogP contribution in [0.25, 0.3) is 10.9 Å². The molecule has 2 fully saturated rings. The van der Waals surface area contributed by atoms with Crippen LogP contribution in [0, 0.1) is 0 Å². The fourth-order valence-corrected chi connectivity index (χ4v) is 4.80. The molecule has 0 saturated carbocycles. The number of piperidine rings is 1. The summed E-state index contributed by atoms with van der Waals surface area (Å²) in [5.74, 6) is 1.17. The average molecular weight is 401 g/mol. The lowest BCUT2D eigenvalue weighted by atomic mass is 10.1. The number of nitrogens with zero attached hydrogens (tertiary/aromatic N) is 3. The van der Waals surface area contributed by atoms with E-state index in [0.29, 0.717) is 0 Å². The van der Waals surface area contributed by atoms with Crippen LogP contribution in [0.5, 0.6) is 0 Å². The predicted octanol–water partition coefficient (Wildman–Crippen LogP) is 5.12. The van der Waals surface area contributed by atoms with Crippen LogP contribution in [0.1, 0.15) is 43.2 Å². The molecule has 4 heteroatoms. The molecule has 2 aliphatic rings. The van der Waals surface area contributed by atoms with Crippen molar-refractivity contribution in [3.05, 3.63) is 65.7 Å². The fraction of sp³-hybridized carbons (Fsp3) is 0.423. The maximum absolute atomic E-state index is 5.06. The number of hydrogen-bond donors (Lipinski definition) is 1. The van der Waals surface area contributed by atoms with Crippen LogP contribution in [0.2, 0.25) is 0 Å². The first-order valence-electron chi connectivity index (χ1n) is 11.5. The highest BCUT2D eigenvalue weighted by molar-refractivity contribution is 5.81. The lowest BCUT2D eigenvalue weighted by molar-refractivity contribution is 0.570. The molecule has 3 aromatic rings. The number of benzene rings is 2. The van der Waals surface area contributed by atoms with E-state index in [9.17, 15) is 0 Å². The molecule has 0 atom stereocenters. The molecule has 0 aliphatic carbocycles. The SMILES string of the molecule is c1ccc2nc(N3CCCCC3)c(CNCc3ccc(N4CCCC4)cc3)cc2c1. The fourth-order valence-electron chi connectivity index (χ4n) is 4.80. The summed E-state index contributed by atoms with van der Waals surface area (Å²) < 4.78 is 0. The summed E-state index contributed by atoms with van der Waals surface area (Å²) in [5.41, 5.74) is 5.11. The molecule has 0 spiro atoms. The Hall–Kier alpha value is -2.59. The van der Waals surface area contributed by atoms with Gasteiger partial charge in [-0.1, -0.05) is 30.3 Å². The van der Waals surface area contributed by atoms with Gasteiger partial charge < -0.3 is 15.1 Å². The van der Waals surface area contributed by atoms with Crippen LogP contribution < -0.4 is 15.1 Å². The summed E-state index contributed by atoms with van der Waals surface area (Å²) in [4.78, 5) is 10.0. The van der Waals surface area contributed by atoms with E-state index in [4.69, 9.17) is 4.98 Å². The van der Waals surface area contributed by atoms with Crippen molar-refractivity contribution in [3.63, 3.8) is 0 Å². The second-order valence-electron chi connectivity index (χ2n) is 8.68. The minimum atomic E-state index is 0.845. The van der Waals surface area contributed by atoms with Gasteiger partial charge in [0.1, 0.15) is 5.82 Å². The molecule has 30 heavy (non-hydrogen) atoms. The van der Waals surface area contributed by atoms with Gasteiger partial charge >= 0.3 is 0 Å². The van der Waals surface area contributed by atoms with Crippen molar-refractivity contribution in [2.75, 3.05) is 36.0 Å². The van der Waals surface area contributed by atoms with Gasteiger partial charge in [-0.15, -0.1) is 0 Å². The molecule has 0 radical (unpaired) electrons. The summed E-state index contributed by atoms with van der Waals surface area (Å²) in [5, 5.41) is 4.90. The summed E-state index contributed by atoms with van der Waals surface area (Å²) in [7, 11) is 0. The molecule has 0 bridgehead atoms. The Bertz CT molecular complexity index is 970. The van der Waals surface area contributed by atoms with Gasteiger partial charge in [-0.2, -0.15) is 0 Å². The lowest BCUT2D eigenvalue weighted by Crippen LogP contribution is -2.31. The molecular formula is C26H32N4. The summed E-state index contributed by atoms with van der Waals surface area (Å²) in [6.45, 7) is 6.37. The lowest BCUT2D eigenvalue weighted by Gasteiger charge is -2.30. The van der Waals surface area contributed by atoms with E-state index in [-0.39, 0.29) is 0 Å². The number of fused-ring (bicyclic) bond motifs is 1. The third-order valence-corrected chi connectivity index (χ3v) is 6.49. The number of nitrogens with one attached hydrogen (secondary N) is 1. The second-order valence-corrected chi connectivity index (χ2v) is 8.68. The van der Waals surface area contributed by atoms with Crippen LogP contribution >= 0.6 is 0 Å². The maximum Gasteiger partial charge on any atom is 0.133 e. The Morgan fingerprint density at radius 2 is 1.43 bits per heavy atom. The molecule has 5 rings (SSSR count). The topological polar surface area (TPSA) is 31.4 Å². The molecule has 0 amide bonds. The van der Waals surface area contributed by atoms with Gasteiger partial charge in [0, 0.05) is 55.9 Å². The number of hydrogen-bond acceptors (Lipinski definition) is 4. The van der Waals surface area contributed by atoms with E-state index in [0.717, 1.165) is 31.7 Å². The smallest absolute Gasteiger partial charge is 0.133 e. The molecule has 4 nitrogen and oxygen atoms in total. The highest BCUT2D eigenvalue weighted by atomic mass is 15.2. The Morgan fingerprint density at radius 3 is 2.23 bits per heavy atom. The first-order chi connectivity index (χ1) is 14.9. The highest BCUT2D eigenvalue weighted by Crippen LogP contribution is 2.26. The Morgan fingerprint density at radius 1 is 0.733 bits per heavy atom. The predicted molar refractivity (Wildman–Crippen MR) is 126 cm³/mol. The Balaban J connectivity index is 1.29. The molecule has 3 heterocycles. The first-order valence-corrected chi connectivity index (χ1v) is 11.5. The van der Waals surface area contributed by atoms with E-state index >= 15 is 0 Å². The largest absolute Gasteiger partial charge is 0.372 e. The van der Waals surface area contributed by atoms with E-state index in [1.54, 1.807) is 0 Å². The quantitative estimate of drug-likeness (QED) is 0.623. The van der Waals surface area contributed by atoms with Gasteiger partial charge in [-0.25, -0.2) is 4.98 Å². The number of aromatic nitrogens is 1.